The SMILES string of the molecule is [2H]C(C)(C)C([2H])([2H])c1cc(-[n+]2[c-]n(-c3cc(Oc4ccc5c6ccccc6n(-c6cc(C(C)(C)C)ccn6)c5c4)ccn3)c3ccc(C([2H])([2H])C(C)(C)C)cc32)cc(C([2H])([2H])C([2H])(C)C)c1. The number of para-hydroxylation sites is 1. The molecule has 0 bridgehead atoms. The molecule has 0 aliphatic heterocycles. The Kier molecular flexibility index (Phi) is 7.96. The lowest BCUT2D eigenvalue weighted by molar-refractivity contribution is -0.572. The minimum absolute atomic E-state index is 0.0633. The van der Waals surface area contributed by atoms with Crippen LogP contribution in [0.25, 0.3) is 50.2 Å². The van der Waals surface area contributed by atoms with Crippen molar-refractivity contribution >= 4 is 32.8 Å². The first-order valence-corrected chi connectivity index (χ1v) is 19.8. The summed E-state index contributed by atoms with van der Waals surface area (Å²) < 4.78 is 84.4. The van der Waals surface area contributed by atoms with E-state index in [0.29, 0.717) is 39.6 Å². The van der Waals surface area contributed by atoms with E-state index in [0.717, 1.165) is 27.6 Å². The van der Waals surface area contributed by atoms with Gasteiger partial charge in [-0.15, -0.1) is 0 Å². The number of imidazole rings is 1. The van der Waals surface area contributed by atoms with Crippen LogP contribution in [0.1, 0.15) is 102 Å². The summed E-state index contributed by atoms with van der Waals surface area (Å²) in [4.78, 5) is 9.56. The number of pyridine rings is 2. The molecule has 58 heavy (non-hydrogen) atoms. The summed E-state index contributed by atoms with van der Waals surface area (Å²) in [5, 5.41) is 2.14. The van der Waals surface area contributed by atoms with Crippen LogP contribution in [0.4, 0.5) is 0 Å². The highest BCUT2D eigenvalue weighted by atomic mass is 16.5. The average molecular weight is 776 g/mol. The molecule has 0 aliphatic rings. The molecule has 6 nitrogen and oxygen atoms in total. The molecule has 6 heteroatoms. The molecule has 0 radical (unpaired) electrons. The van der Waals surface area contributed by atoms with Crippen LogP contribution < -0.4 is 9.30 Å². The van der Waals surface area contributed by atoms with Gasteiger partial charge in [0, 0.05) is 46.3 Å². The van der Waals surface area contributed by atoms with Gasteiger partial charge in [-0.05, 0) is 102 Å². The van der Waals surface area contributed by atoms with Crippen LogP contribution in [-0.2, 0) is 24.5 Å². The van der Waals surface area contributed by atoms with Crippen molar-refractivity contribution in [2.75, 3.05) is 0 Å². The summed E-state index contributed by atoms with van der Waals surface area (Å²) in [6.07, 6.45) is 0.604. The molecule has 0 aliphatic carbocycles. The monoisotopic (exact) mass is 776 g/mol. The van der Waals surface area contributed by atoms with E-state index < -0.39 is 36.3 Å². The third-order valence-electron chi connectivity index (χ3n) is 9.81. The smallest absolute Gasteiger partial charge is 0.271 e. The van der Waals surface area contributed by atoms with E-state index in [-0.39, 0.29) is 16.5 Å². The summed E-state index contributed by atoms with van der Waals surface area (Å²) in [6.45, 7) is 17.9. The van der Waals surface area contributed by atoms with Gasteiger partial charge in [-0.3, -0.25) is 18.7 Å². The Bertz CT molecular complexity index is 3120. The molecular weight excluding hydrogens is 711 g/mol. The number of rotatable bonds is 10. The van der Waals surface area contributed by atoms with Crippen molar-refractivity contribution in [3.05, 3.63) is 144 Å². The van der Waals surface area contributed by atoms with Gasteiger partial charge in [0.05, 0.1) is 27.8 Å². The van der Waals surface area contributed by atoms with Gasteiger partial charge in [0.25, 0.3) is 6.33 Å². The summed E-state index contributed by atoms with van der Waals surface area (Å²) in [5.41, 5.74) is 4.19. The number of ether oxygens (including phenoxy) is 1. The molecule has 0 spiro atoms. The quantitative estimate of drug-likeness (QED) is 0.103. The zero-order valence-corrected chi connectivity index (χ0v) is 35.1. The van der Waals surface area contributed by atoms with E-state index in [1.54, 1.807) is 57.8 Å². The van der Waals surface area contributed by atoms with Gasteiger partial charge < -0.3 is 4.74 Å². The molecule has 4 aromatic heterocycles. The van der Waals surface area contributed by atoms with Crippen LogP contribution in [0.5, 0.6) is 11.5 Å². The van der Waals surface area contributed by atoms with Crippen molar-refractivity contribution in [3.63, 3.8) is 0 Å². The molecular formula is C52H57N5O. The fraction of sp³-hybridized carbons (Fsp3) is 0.327. The van der Waals surface area contributed by atoms with E-state index in [1.807, 2.05) is 51.2 Å². The van der Waals surface area contributed by atoms with E-state index in [1.165, 1.54) is 39.3 Å². The highest BCUT2D eigenvalue weighted by Gasteiger charge is 2.20. The number of hydrogen-bond acceptors (Lipinski definition) is 3. The minimum atomic E-state index is -2.24. The molecule has 4 heterocycles. The third kappa shape index (κ3) is 8.16. The molecule has 0 N–H and O–H groups in total. The second kappa shape index (κ2) is 15.2. The number of nitrogens with zero attached hydrogens (tertiary/aromatic N) is 5. The molecule has 0 amide bonds. The lowest BCUT2D eigenvalue weighted by Gasteiger charge is -2.20. The van der Waals surface area contributed by atoms with Crippen molar-refractivity contribution in [2.24, 2.45) is 17.2 Å². The van der Waals surface area contributed by atoms with Gasteiger partial charge >= 0.3 is 0 Å². The van der Waals surface area contributed by atoms with Crippen LogP contribution in [-0.4, -0.2) is 19.1 Å². The van der Waals surface area contributed by atoms with Crippen molar-refractivity contribution < 1.29 is 20.3 Å². The summed E-state index contributed by atoms with van der Waals surface area (Å²) in [7, 11) is 0. The maximum atomic E-state index is 9.19. The normalized spacial score (nSPS) is 15.6. The fourth-order valence-electron chi connectivity index (χ4n) is 7.43. The van der Waals surface area contributed by atoms with Crippen LogP contribution in [0.15, 0.2) is 116 Å². The molecule has 4 aromatic carbocycles. The standard InChI is InChI=1S/C52H57N5O/c1-34(2)23-37-25-38(24-35(3)4)27-40(26-37)55-33-56(46-18-15-36(28-48(46)55)32-51(5,6)7)49-31-42(20-22-53-49)58-41-16-17-44-43-13-11-12-14-45(43)57(47(44)30-41)50-29-39(19-21-54-50)52(8,9)10/h11-22,25-31,34-35H,23-24,32H2,1-10H3/i23D2,24D2,32D2,34D,35D. The predicted octanol–water partition coefficient (Wildman–Crippen LogP) is 12.7. The predicted molar refractivity (Wildman–Crippen MR) is 239 cm³/mol. The Morgan fingerprint density at radius 2 is 1.34 bits per heavy atom. The van der Waals surface area contributed by atoms with Gasteiger partial charge in [-0.1, -0.05) is 122 Å². The van der Waals surface area contributed by atoms with Crippen molar-refractivity contribution in [1.29, 1.82) is 0 Å². The van der Waals surface area contributed by atoms with Crippen molar-refractivity contribution in [3.8, 4) is 28.8 Å². The Morgan fingerprint density at radius 3 is 2.05 bits per heavy atom. The lowest BCUT2D eigenvalue weighted by atomic mass is 9.88. The van der Waals surface area contributed by atoms with Gasteiger partial charge in [-0.25, -0.2) is 4.98 Å². The first kappa shape index (κ1) is 30.3. The molecule has 8 rings (SSSR count). The molecule has 0 saturated carbocycles. The highest BCUT2D eigenvalue weighted by Crippen LogP contribution is 2.36. The van der Waals surface area contributed by atoms with Crippen LogP contribution >= 0.6 is 0 Å². The van der Waals surface area contributed by atoms with E-state index in [4.69, 9.17) is 22.9 Å². The van der Waals surface area contributed by atoms with Gasteiger partial charge in [-0.2, -0.15) is 0 Å². The Labute approximate surface area is 355 Å². The maximum Gasteiger partial charge on any atom is 0.271 e. The Balaban J connectivity index is 1.29. The first-order chi connectivity index (χ1) is 30.5. The molecule has 0 unspecified atom stereocenters. The zero-order chi connectivity index (χ0) is 48.2. The second-order valence-corrected chi connectivity index (χ2v) is 17.5. The minimum Gasteiger partial charge on any atom is -0.458 e. The molecule has 8 aromatic rings. The topological polar surface area (TPSA) is 48.8 Å². The largest absolute Gasteiger partial charge is 0.458 e. The van der Waals surface area contributed by atoms with Gasteiger partial charge in [0.15, 0.2) is 5.82 Å². The Morgan fingerprint density at radius 1 is 0.672 bits per heavy atom. The summed E-state index contributed by atoms with van der Waals surface area (Å²) in [5.74, 6) is -0.950. The van der Waals surface area contributed by atoms with E-state index in [2.05, 4.69) is 62.0 Å². The van der Waals surface area contributed by atoms with E-state index >= 15 is 0 Å². The van der Waals surface area contributed by atoms with Crippen LogP contribution in [0, 0.1) is 23.5 Å². The van der Waals surface area contributed by atoms with Gasteiger partial charge in [0.1, 0.15) is 17.3 Å². The maximum absolute atomic E-state index is 9.19. The number of aromatic nitrogens is 5. The third-order valence-corrected chi connectivity index (χ3v) is 9.81. The molecule has 0 fully saturated rings. The second-order valence-electron chi connectivity index (χ2n) is 17.5. The molecule has 296 valence electrons. The van der Waals surface area contributed by atoms with Crippen molar-refractivity contribution in [2.45, 2.75) is 93.8 Å². The summed E-state index contributed by atoms with van der Waals surface area (Å²) in [6, 6.07) is 31.8. The Hall–Kier alpha value is -5.75. The molecule has 0 saturated heterocycles. The first-order valence-electron chi connectivity index (χ1n) is 23.8. The number of benzene rings is 4. The highest BCUT2D eigenvalue weighted by molar-refractivity contribution is 6.09. The average Bonchev–Trinajstić information content (AvgIpc) is 3.78. The van der Waals surface area contributed by atoms with Crippen LogP contribution in [0.2, 0.25) is 0 Å². The van der Waals surface area contributed by atoms with Gasteiger partial charge in [0.2, 0.25) is 0 Å². The summed E-state index contributed by atoms with van der Waals surface area (Å²) >= 11 is 0. The van der Waals surface area contributed by atoms with E-state index in [9.17, 15) is 2.74 Å². The zero-order valence-electron chi connectivity index (χ0n) is 43.1. The van der Waals surface area contributed by atoms with Crippen molar-refractivity contribution in [1.82, 2.24) is 19.1 Å². The molecule has 0 atom stereocenters. The fourth-order valence-corrected chi connectivity index (χ4v) is 7.43. The lowest BCUT2D eigenvalue weighted by Crippen LogP contribution is -2.30. The number of hydrogen-bond donors (Lipinski definition) is 0. The number of fused-ring (bicyclic) bond motifs is 4. The van der Waals surface area contributed by atoms with Crippen LogP contribution in [0.3, 0.4) is 0 Å².